The van der Waals surface area contributed by atoms with Gasteiger partial charge >= 0.3 is 0 Å². The highest BCUT2D eigenvalue weighted by Gasteiger charge is 2.11. The maximum absolute atomic E-state index is 4.90. The van der Waals surface area contributed by atoms with Crippen molar-refractivity contribution in [3.8, 4) is 39.3 Å². The van der Waals surface area contributed by atoms with Crippen LogP contribution >= 0.6 is 11.3 Å². The number of benzene rings is 4. The lowest BCUT2D eigenvalue weighted by atomic mass is 10.0. The minimum absolute atomic E-state index is 0.735. The molecule has 0 fully saturated rings. The van der Waals surface area contributed by atoms with Crippen LogP contribution in [0.25, 0.3) is 39.3 Å². The molecule has 4 aromatic carbocycles. The van der Waals surface area contributed by atoms with Crippen molar-refractivity contribution in [1.29, 1.82) is 0 Å². The molecular formula is C31H23N5S. The second kappa shape index (κ2) is 10.4. The monoisotopic (exact) mass is 497 g/mol. The van der Waals surface area contributed by atoms with Gasteiger partial charge in [0.15, 0.2) is 0 Å². The molecule has 0 amide bonds. The fourth-order valence-corrected chi connectivity index (χ4v) is 4.80. The fourth-order valence-electron chi connectivity index (χ4n) is 4.11. The number of aromatic amines is 1. The number of nitrogens with one attached hydrogen (secondary N) is 1. The van der Waals surface area contributed by atoms with Crippen LogP contribution in [-0.2, 0) is 0 Å². The predicted octanol–water partition coefficient (Wildman–Crippen LogP) is 7.20. The Labute approximate surface area is 218 Å². The summed E-state index contributed by atoms with van der Waals surface area (Å²) in [6.45, 7) is 0. The number of para-hydroxylation sites is 1. The molecule has 6 rings (SSSR count). The molecule has 5 nitrogen and oxygen atoms in total. The first-order valence-corrected chi connectivity index (χ1v) is 12.8. The van der Waals surface area contributed by atoms with Crippen LogP contribution in [0, 0.1) is 0 Å². The standard InChI is InChI=1S/C31H23N5S/c1-4-10-23(11-5-1)24-16-18-26(19-17-24)30-27(21-36(35-30)28-14-8-3-9-15-28)20-32-34-31-33-29(22-37-31)25-12-6-2-7-13-25/h1-22H,(H,33,34)/b32-20+. The zero-order valence-electron chi connectivity index (χ0n) is 19.9. The van der Waals surface area contributed by atoms with E-state index in [0.29, 0.717) is 0 Å². The summed E-state index contributed by atoms with van der Waals surface area (Å²) in [7, 11) is 0. The molecule has 0 spiro atoms. The Morgan fingerprint density at radius 1 is 0.676 bits per heavy atom. The Morgan fingerprint density at radius 2 is 1.27 bits per heavy atom. The molecule has 0 aliphatic heterocycles. The largest absolute Gasteiger partial charge is 0.329 e. The van der Waals surface area contributed by atoms with E-state index in [2.05, 4.69) is 81.2 Å². The lowest BCUT2D eigenvalue weighted by Gasteiger charge is -2.04. The number of hydrogen-bond acceptors (Lipinski definition) is 4. The molecule has 6 aromatic rings. The highest BCUT2D eigenvalue weighted by molar-refractivity contribution is 7.07. The minimum atomic E-state index is 0.735. The van der Waals surface area contributed by atoms with Gasteiger partial charge in [-0.3, -0.25) is 0 Å². The van der Waals surface area contributed by atoms with Crippen molar-refractivity contribution in [1.82, 2.24) is 14.8 Å². The third-order valence-electron chi connectivity index (χ3n) is 5.99. The highest BCUT2D eigenvalue weighted by atomic mass is 32.1. The van der Waals surface area contributed by atoms with Crippen molar-refractivity contribution in [3.05, 3.63) is 137 Å². The van der Waals surface area contributed by atoms with Gasteiger partial charge in [0.25, 0.3) is 0 Å². The van der Waals surface area contributed by atoms with Crippen molar-refractivity contribution in [2.45, 2.75) is 0 Å². The molecule has 0 saturated heterocycles. The van der Waals surface area contributed by atoms with Gasteiger partial charge in [-0.05, 0) is 28.8 Å². The van der Waals surface area contributed by atoms with E-state index in [9.17, 15) is 0 Å². The van der Waals surface area contributed by atoms with Gasteiger partial charge in [-0.1, -0.05) is 103 Å². The zero-order valence-corrected chi connectivity index (χ0v) is 20.7. The summed E-state index contributed by atoms with van der Waals surface area (Å²) in [4.78, 5) is 4.07. The average Bonchev–Trinajstić information content (AvgIpc) is 3.63. The number of thiazole rings is 1. The average molecular weight is 498 g/mol. The van der Waals surface area contributed by atoms with E-state index >= 15 is 0 Å². The molecule has 2 aromatic heterocycles. The first kappa shape index (κ1) is 22.6. The molecule has 0 aliphatic rings. The van der Waals surface area contributed by atoms with Crippen LogP contribution in [0.3, 0.4) is 0 Å². The highest BCUT2D eigenvalue weighted by Crippen LogP contribution is 2.26. The van der Waals surface area contributed by atoms with Gasteiger partial charge in [-0.15, -0.1) is 16.4 Å². The molecule has 0 atom stereocenters. The Morgan fingerprint density at radius 3 is 1.97 bits per heavy atom. The lowest BCUT2D eigenvalue weighted by molar-refractivity contribution is 0.884. The summed E-state index contributed by atoms with van der Waals surface area (Å²) in [5.41, 5.74) is 8.24. The summed E-state index contributed by atoms with van der Waals surface area (Å²) >= 11 is 1.52. The van der Waals surface area contributed by atoms with Crippen molar-refractivity contribution in [2.75, 3.05) is 0 Å². The van der Waals surface area contributed by atoms with E-state index in [4.69, 9.17) is 5.10 Å². The molecule has 6 heteroatoms. The Balaban J connectivity index is 1.34. The van der Waals surface area contributed by atoms with Crippen LogP contribution in [0.2, 0.25) is 0 Å². The Hall–Kier alpha value is -4.81. The SMILES string of the molecule is C(=N\N=c1/[nH]c(-c2ccccc2)cs1)/c1cn(-c2ccccc2)nc1-c1ccc(-c2ccccc2)cc1. The third kappa shape index (κ3) is 5.10. The molecule has 178 valence electrons. The van der Waals surface area contributed by atoms with Gasteiger partial charge in [0.1, 0.15) is 5.69 Å². The van der Waals surface area contributed by atoms with Gasteiger partial charge in [-0.2, -0.15) is 10.2 Å². The quantitative estimate of drug-likeness (QED) is 0.192. The first-order chi connectivity index (χ1) is 18.3. The number of aromatic nitrogens is 3. The minimum Gasteiger partial charge on any atom is -0.329 e. The van der Waals surface area contributed by atoms with E-state index in [1.165, 1.54) is 22.5 Å². The third-order valence-corrected chi connectivity index (χ3v) is 6.75. The molecule has 0 saturated carbocycles. The van der Waals surface area contributed by atoms with Gasteiger partial charge in [0, 0.05) is 22.7 Å². The summed E-state index contributed by atoms with van der Waals surface area (Å²) in [5.74, 6) is 0. The van der Waals surface area contributed by atoms with Gasteiger partial charge in [-0.25, -0.2) is 4.68 Å². The van der Waals surface area contributed by atoms with Gasteiger partial charge < -0.3 is 4.98 Å². The van der Waals surface area contributed by atoms with Crippen LogP contribution < -0.4 is 4.80 Å². The van der Waals surface area contributed by atoms with Crippen molar-refractivity contribution < 1.29 is 0 Å². The normalized spacial score (nSPS) is 11.8. The topological polar surface area (TPSA) is 58.3 Å². The van der Waals surface area contributed by atoms with Crippen molar-refractivity contribution >= 4 is 17.6 Å². The molecule has 37 heavy (non-hydrogen) atoms. The summed E-state index contributed by atoms with van der Waals surface area (Å²) in [5, 5.41) is 15.8. The van der Waals surface area contributed by atoms with Crippen LogP contribution in [0.5, 0.6) is 0 Å². The molecule has 2 heterocycles. The smallest absolute Gasteiger partial charge is 0.208 e. The molecular weight excluding hydrogens is 474 g/mol. The summed E-state index contributed by atoms with van der Waals surface area (Å²) in [6, 6.07) is 39.1. The van der Waals surface area contributed by atoms with Crippen LogP contribution in [0.4, 0.5) is 0 Å². The number of rotatable bonds is 6. The van der Waals surface area contributed by atoms with Crippen LogP contribution in [0.1, 0.15) is 5.56 Å². The molecule has 1 N–H and O–H groups in total. The second-order valence-corrected chi connectivity index (χ2v) is 9.30. The van der Waals surface area contributed by atoms with E-state index in [-0.39, 0.29) is 0 Å². The number of hydrogen-bond donors (Lipinski definition) is 1. The fraction of sp³-hybridized carbons (Fsp3) is 0. The molecule has 0 unspecified atom stereocenters. The van der Waals surface area contributed by atoms with Crippen molar-refractivity contribution in [2.24, 2.45) is 10.2 Å². The lowest BCUT2D eigenvalue weighted by Crippen LogP contribution is -1.96. The summed E-state index contributed by atoms with van der Waals surface area (Å²) < 4.78 is 1.88. The summed E-state index contributed by atoms with van der Waals surface area (Å²) in [6.07, 6.45) is 3.75. The first-order valence-electron chi connectivity index (χ1n) is 11.9. The maximum atomic E-state index is 4.90. The Kier molecular flexibility index (Phi) is 6.39. The Bertz CT molecular complexity index is 1690. The van der Waals surface area contributed by atoms with E-state index in [0.717, 1.165) is 38.6 Å². The van der Waals surface area contributed by atoms with Crippen molar-refractivity contribution in [3.63, 3.8) is 0 Å². The van der Waals surface area contributed by atoms with E-state index in [1.807, 2.05) is 65.5 Å². The van der Waals surface area contributed by atoms with E-state index in [1.54, 1.807) is 6.21 Å². The number of H-pyrrole nitrogens is 1. The molecule has 0 bridgehead atoms. The van der Waals surface area contributed by atoms with Crippen LogP contribution in [0.15, 0.2) is 137 Å². The van der Waals surface area contributed by atoms with Crippen LogP contribution in [-0.4, -0.2) is 21.0 Å². The maximum Gasteiger partial charge on any atom is 0.208 e. The molecule has 0 aliphatic carbocycles. The number of nitrogens with zero attached hydrogens (tertiary/aromatic N) is 4. The predicted molar refractivity (Wildman–Crippen MR) is 152 cm³/mol. The zero-order chi connectivity index (χ0) is 24.9. The second-order valence-electron chi connectivity index (χ2n) is 8.45. The van der Waals surface area contributed by atoms with E-state index < -0.39 is 0 Å². The van der Waals surface area contributed by atoms with Gasteiger partial charge in [0.05, 0.1) is 17.6 Å². The van der Waals surface area contributed by atoms with Gasteiger partial charge in [0.2, 0.25) is 4.80 Å². The molecule has 0 radical (unpaired) electrons.